The summed E-state index contributed by atoms with van der Waals surface area (Å²) in [5.41, 5.74) is -0.205. The van der Waals surface area contributed by atoms with Gasteiger partial charge in [0.05, 0.1) is 12.0 Å². The van der Waals surface area contributed by atoms with Crippen molar-refractivity contribution in [3.63, 3.8) is 0 Å². The largest absolute Gasteiger partial charge is 0.394 e. The molecule has 16 heavy (non-hydrogen) atoms. The van der Waals surface area contributed by atoms with E-state index in [4.69, 9.17) is 5.11 Å². The van der Waals surface area contributed by atoms with Gasteiger partial charge >= 0.3 is 0 Å². The number of hydrogen-bond acceptors (Lipinski definition) is 3. The lowest BCUT2D eigenvalue weighted by atomic mass is 9.74. The van der Waals surface area contributed by atoms with E-state index in [2.05, 4.69) is 17.6 Å². The van der Waals surface area contributed by atoms with Gasteiger partial charge in [-0.15, -0.1) is 0 Å². The predicted molar refractivity (Wildman–Crippen MR) is 64.1 cm³/mol. The Kier molecular flexibility index (Phi) is 5.22. The molecule has 1 atom stereocenters. The van der Waals surface area contributed by atoms with Crippen molar-refractivity contribution in [2.24, 2.45) is 5.41 Å². The third-order valence-corrected chi connectivity index (χ3v) is 3.42. The molecule has 1 fully saturated rings. The van der Waals surface area contributed by atoms with Crippen molar-refractivity contribution < 1.29 is 9.90 Å². The maximum absolute atomic E-state index is 12.2. The van der Waals surface area contributed by atoms with Crippen molar-refractivity contribution in [2.75, 3.05) is 19.7 Å². The van der Waals surface area contributed by atoms with Crippen LogP contribution in [0, 0.1) is 5.41 Å². The molecule has 3 N–H and O–H groups in total. The Bertz CT molecular complexity index is 220. The van der Waals surface area contributed by atoms with Crippen LogP contribution in [-0.4, -0.2) is 36.8 Å². The minimum absolute atomic E-state index is 0.00615. The highest BCUT2D eigenvalue weighted by atomic mass is 16.3. The molecule has 1 aliphatic heterocycles. The van der Waals surface area contributed by atoms with Gasteiger partial charge in [0.25, 0.3) is 0 Å². The number of rotatable bonds is 5. The van der Waals surface area contributed by atoms with Crippen LogP contribution < -0.4 is 10.6 Å². The Morgan fingerprint density at radius 2 is 2.12 bits per heavy atom. The molecule has 0 aromatic carbocycles. The van der Waals surface area contributed by atoms with Crippen LogP contribution in [0.5, 0.6) is 0 Å². The Balaban J connectivity index is 2.64. The summed E-state index contributed by atoms with van der Waals surface area (Å²) in [5.74, 6) is 0.123. The Labute approximate surface area is 97.8 Å². The molecule has 94 valence electrons. The lowest BCUT2D eigenvalue weighted by Crippen LogP contribution is -2.50. The fraction of sp³-hybridized carbons (Fsp3) is 0.917. The van der Waals surface area contributed by atoms with Gasteiger partial charge in [-0.2, -0.15) is 0 Å². The van der Waals surface area contributed by atoms with E-state index in [0.29, 0.717) is 0 Å². The van der Waals surface area contributed by atoms with E-state index in [1.807, 2.05) is 6.92 Å². The maximum atomic E-state index is 12.2. The Hall–Kier alpha value is -0.610. The first-order chi connectivity index (χ1) is 7.64. The van der Waals surface area contributed by atoms with Gasteiger partial charge in [0.15, 0.2) is 0 Å². The molecule has 0 radical (unpaired) electrons. The monoisotopic (exact) mass is 228 g/mol. The van der Waals surface area contributed by atoms with E-state index in [1.165, 1.54) is 0 Å². The zero-order chi connectivity index (χ0) is 12.0. The first kappa shape index (κ1) is 13.5. The van der Waals surface area contributed by atoms with Gasteiger partial charge in [0.2, 0.25) is 5.91 Å². The molecule has 0 aliphatic carbocycles. The van der Waals surface area contributed by atoms with Gasteiger partial charge in [-0.25, -0.2) is 0 Å². The highest BCUT2D eigenvalue weighted by Crippen LogP contribution is 2.34. The van der Waals surface area contributed by atoms with Crippen molar-refractivity contribution in [3.05, 3.63) is 0 Å². The summed E-state index contributed by atoms with van der Waals surface area (Å²) >= 11 is 0. The second kappa shape index (κ2) is 6.21. The number of nitrogens with one attached hydrogen (secondary N) is 2. The molecule has 1 amide bonds. The zero-order valence-electron chi connectivity index (χ0n) is 10.4. The summed E-state index contributed by atoms with van der Waals surface area (Å²) in [6.07, 6.45) is 3.79. The van der Waals surface area contributed by atoms with E-state index in [9.17, 15) is 4.79 Å². The molecule has 0 bridgehead atoms. The van der Waals surface area contributed by atoms with Crippen LogP contribution in [0.2, 0.25) is 0 Å². The SMILES string of the molecule is CCCC1(C(=O)N[C@H](C)CO)CCNCC1. The highest BCUT2D eigenvalue weighted by Gasteiger charge is 2.38. The summed E-state index contributed by atoms with van der Waals surface area (Å²) in [7, 11) is 0. The van der Waals surface area contributed by atoms with Crippen LogP contribution in [0.4, 0.5) is 0 Å². The van der Waals surface area contributed by atoms with Crippen molar-refractivity contribution >= 4 is 5.91 Å². The Morgan fingerprint density at radius 3 is 2.62 bits per heavy atom. The van der Waals surface area contributed by atoms with Crippen LogP contribution >= 0.6 is 0 Å². The van der Waals surface area contributed by atoms with Gasteiger partial charge in [0.1, 0.15) is 0 Å². The highest BCUT2D eigenvalue weighted by molar-refractivity contribution is 5.83. The van der Waals surface area contributed by atoms with Gasteiger partial charge < -0.3 is 15.7 Å². The summed E-state index contributed by atoms with van der Waals surface area (Å²) in [6, 6.07) is -0.142. The van der Waals surface area contributed by atoms with Gasteiger partial charge in [0, 0.05) is 6.04 Å². The lowest BCUT2D eigenvalue weighted by molar-refractivity contribution is -0.134. The fourth-order valence-electron chi connectivity index (χ4n) is 2.40. The second-order valence-corrected chi connectivity index (χ2v) is 4.84. The molecular weight excluding hydrogens is 204 g/mol. The van der Waals surface area contributed by atoms with Crippen molar-refractivity contribution in [1.29, 1.82) is 0 Å². The van der Waals surface area contributed by atoms with E-state index in [1.54, 1.807) is 0 Å². The zero-order valence-corrected chi connectivity index (χ0v) is 10.4. The van der Waals surface area contributed by atoms with E-state index in [0.717, 1.165) is 38.8 Å². The average Bonchev–Trinajstić information content (AvgIpc) is 2.30. The smallest absolute Gasteiger partial charge is 0.226 e. The molecule has 0 unspecified atom stereocenters. The lowest BCUT2D eigenvalue weighted by Gasteiger charge is -2.36. The third-order valence-electron chi connectivity index (χ3n) is 3.42. The average molecular weight is 228 g/mol. The molecule has 0 aromatic heterocycles. The van der Waals surface area contributed by atoms with Gasteiger partial charge in [-0.05, 0) is 39.3 Å². The predicted octanol–water partition coefficient (Wildman–Crippen LogP) is 0.653. The van der Waals surface area contributed by atoms with Gasteiger partial charge in [-0.1, -0.05) is 13.3 Å². The second-order valence-electron chi connectivity index (χ2n) is 4.84. The summed E-state index contributed by atoms with van der Waals surface area (Å²) in [6.45, 7) is 5.79. The van der Waals surface area contributed by atoms with Crippen molar-refractivity contribution in [2.45, 2.75) is 45.6 Å². The first-order valence-electron chi connectivity index (χ1n) is 6.27. The van der Waals surface area contributed by atoms with E-state index in [-0.39, 0.29) is 24.0 Å². The molecule has 1 heterocycles. The minimum Gasteiger partial charge on any atom is -0.394 e. The van der Waals surface area contributed by atoms with E-state index >= 15 is 0 Å². The molecule has 4 heteroatoms. The molecular formula is C12H24N2O2. The van der Waals surface area contributed by atoms with E-state index < -0.39 is 0 Å². The van der Waals surface area contributed by atoms with Crippen LogP contribution in [0.1, 0.15) is 39.5 Å². The fourth-order valence-corrected chi connectivity index (χ4v) is 2.40. The molecule has 0 saturated carbocycles. The number of hydrogen-bond donors (Lipinski definition) is 3. The summed E-state index contributed by atoms with van der Waals surface area (Å²) in [4.78, 5) is 12.2. The summed E-state index contributed by atoms with van der Waals surface area (Å²) < 4.78 is 0. The molecule has 1 rings (SSSR count). The maximum Gasteiger partial charge on any atom is 0.226 e. The van der Waals surface area contributed by atoms with Crippen LogP contribution in [0.3, 0.4) is 0 Å². The minimum atomic E-state index is -0.205. The summed E-state index contributed by atoms with van der Waals surface area (Å²) in [5, 5.41) is 15.2. The van der Waals surface area contributed by atoms with Crippen molar-refractivity contribution in [1.82, 2.24) is 10.6 Å². The number of amides is 1. The molecule has 1 saturated heterocycles. The number of aliphatic hydroxyl groups is 1. The Morgan fingerprint density at radius 1 is 1.50 bits per heavy atom. The van der Waals surface area contributed by atoms with Crippen LogP contribution in [0.25, 0.3) is 0 Å². The molecule has 0 spiro atoms. The standard InChI is InChI=1S/C12H24N2O2/c1-3-4-12(5-7-13-8-6-12)11(16)14-10(2)9-15/h10,13,15H,3-9H2,1-2H3,(H,14,16)/t10-/m1/s1. The number of carbonyl (C=O) groups is 1. The number of carbonyl (C=O) groups excluding carboxylic acids is 1. The molecule has 0 aromatic rings. The number of aliphatic hydroxyl groups excluding tert-OH is 1. The van der Waals surface area contributed by atoms with Gasteiger partial charge in [-0.3, -0.25) is 4.79 Å². The topological polar surface area (TPSA) is 61.4 Å². The van der Waals surface area contributed by atoms with Crippen LogP contribution in [0.15, 0.2) is 0 Å². The molecule has 1 aliphatic rings. The molecule has 4 nitrogen and oxygen atoms in total. The number of piperidine rings is 1. The first-order valence-corrected chi connectivity index (χ1v) is 6.27. The third kappa shape index (κ3) is 3.19. The normalized spacial score (nSPS) is 21.4. The van der Waals surface area contributed by atoms with Crippen LogP contribution in [-0.2, 0) is 4.79 Å². The quantitative estimate of drug-likeness (QED) is 0.647. The van der Waals surface area contributed by atoms with Crippen molar-refractivity contribution in [3.8, 4) is 0 Å².